The molecule has 1 heterocycles. The molecule has 0 bridgehead atoms. The van der Waals surface area contributed by atoms with E-state index in [9.17, 15) is 4.39 Å². The Balaban J connectivity index is 0.00000136. The molecule has 1 aliphatic rings. The molecule has 4 nitrogen and oxygen atoms in total. The Morgan fingerprint density at radius 1 is 1.00 bits per heavy atom. The van der Waals surface area contributed by atoms with E-state index in [0.717, 1.165) is 31.5 Å². The fraction of sp³-hybridized carbons (Fsp3) is 0.478. The Morgan fingerprint density at radius 3 is 2.21 bits per heavy atom. The van der Waals surface area contributed by atoms with E-state index in [2.05, 4.69) is 4.90 Å². The number of hydrogen-bond acceptors (Lipinski definition) is 4. The lowest BCUT2D eigenvalue weighted by Crippen LogP contribution is -2.39. The number of benzene rings is 2. The van der Waals surface area contributed by atoms with Gasteiger partial charge in [-0.2, -0.15) is 0 Å². The highest BCUT2D eigenvalue weighted by Gasteiger charge is 2.27. The molecule has 5 heteroatoms. The summed E-state index contributed by atoms with van der Waals surface area (Å²) in [6.45, 7) is 6.00. The van der Waals surface area contributed by atoms with E-state index < -0.39 is 0 Å². The highest BCUT2D eigenvalue weighted by atomic mass is 19.1. The first-order valence-electron chi connectivity index (χ1n) is 9.98. The Morgan fingerprint density at radius 2 is 1.64 bits per heavy atom. The molecule has 0 atom stereocenters. The van der Waals surface area contributed by atoms with E-state index in [1.807, 2.05) is 50.2 Å². The van der Waals surface area contributed by atoms with Crippen LogP contribution in [0.3, 0.4) is 0 Å². The van der Waals surface area contributed by atoms with Gasteiger partial charge in [-0.15, -0.1) is 0 Å². The molecule has 0 radical (unpaired) electrons. The summed E-state index contributed by atoms with van der Waals surface area (Å²) in [6, 6.07) is 15.0. The monoisotopic (exact) mass is 389 g/mol. The van der Waals surface area contributed by atoms with Crippen LogP contribution in [0.15, 0.2) is 48.5 Å². The fourth-order valence-corrected chi connectivity index (χ4v) is 3.47. The molecular formula is C23H32FNO3. The number of methoxy groups -OCH3 is 2. The zero-order valence-electron chi connectivity index (χ0n) is 17.4. The average Bonchev–Trinajstić information content (AvgIpc) is 2.76. The molecule has 0 spiro atoms. The van der Waals surface area contributed by atoms with E-state index in [4.69, 9.17) is 14.2 Å². The minimum absolute atomic E-state index is 0.184. The molecule has 2 aromatic carbocycles. The number of piperidine rings is 1. The number of hydrogen-bond donors (Lipinski definition) is 0. The zero-order valence-corrected chi connectivity index (χ0v) is 17.4. The third kappa shape index (κ3) is 5.94. The molecule has 28 heavy (non-hydrogen) atoms. The normalized spacial score (nSPS) is 14.6. The summed E-state index contributed by atoms with van der Waals surface area (Å²) >= 11 is 0. The second-order valence-electron chi connectivity index (χ2n) is 6.55. The SMILES string of the molecule is CC.COC(OC)C1CCN(c2ccc(OCc3ccccc3)cc2F)CC1. The maximum atomic E-state index is 14.6. The summed E-state index contributed by atoms with van der Waals surface area (Å²) in [5, 5.41) is 0. The minimum atomic E-state index is -0.246. The Hall–Kier alpha value is -2.11. The smallest absolute Gasteiger partial charge is 0.159 e. The van der Waals surface area contributed by atoms with Crippen molar-refractivity contribution in [1.29, 1.82) is 0 Å². The summed E-state index contributed by atoms with van der Waals surface area (Å²) in [5.41, 5.74) is 1.69. The third-order valence-corrected chi connectivity index (χ3v) is 4.90. The minimum Gasteiger partial charge on any atom is -0.489 e. The van der Waals surface area contributed by atoms with Gasteiger partial charge >= 0.3 is 0 Å². The van der Waals surface area contributed by atoms with E-state index in [1.54, 1.807) is 20.3 Å². The van der Waals surface area contributed by atoms with E-state index in [1.165, 1.54) is 6.07 Å². The molecule has 0 unspecified atom stereocenters. The average molecular weight is 390 g/mol. The van der Waals surface area contributed by atoms with Crippen LogP contribution in [0.5, 0.6) is 5.75 Å². The lowest BCUT2D eigenvalue weighted by atomic mass is 9.95. The standard InChI is InChI=1S/C21H26FNO3.C2H6/c1-24-21(25-2)17-10-12-23(13-11-17)20-9-8-18(14-19(20)22)26-15-16-6-4-3-5-7-16;1-2/h3-9,14,17,21H,10-13,15H2,1-2H3;1-2H3. The van der Waals surface area contributed by atoms with Gasteiger partial charge in [0.05, 0.1) is 5.69 Å². The van der Waals surface area contributed by atoms with Gasteiger partial charge < -0.3 is 19.1 Å². The van der Waals surface area contributed by atoms with Crippen molar-refractivity contribution < 1.29 is 18.6 Å². The highest BCUT2D eigenvalue weighted by molar-refractivity contribution is 5.51. The van der Waals surface area contributed by atoms with Crippen LogP contribution >= 0.6 is 0 Å². The molecule has 3 rings (SSSR count). The van der Waals surface area contributed by atoms with Gasteiger partial charge in [0.25, 0.3) is 0 Å². The quantitative estimate of drug-likeness (QED) is 0.604. The van der Waals surface area contributed by atoms with Crippen LogP contribution in [0, 0.1) is 11.7 Å². The van der Waals surface area contributed by atoms with Crippen molar-refractivity contribution in [3.05, 3.63) is 59.9 Å². The van der Waals surface area contributed by atoms with Gasteiger partial charge in [0.15, 0.2) is 6.29 Å². The van der Waals surface area contributed by atoms with E-state index >= 15 is 0 Å². The summed E-state index contributed by atoms with van der Waals surface area (Å²) < 4.78 is 31.0. The fourth-order valence-electron chi connectivity index (χ4n) is 3.47. The largest absolute Gasteiger partial charge is 0.489 e. The Labute approximate surface area is 168 Å². The van der Waals surface area contributed by atoms with Crippen molar-refractivity contribution in [3.63, 3.8) is 0 Å². The van der Waals surface area contributed by atoms with Crippen LogP contribution in [0.4, 0.5) is 10.1 Å². The van der Waals surface area contributed by atoms with Crippen molar-refractivity contribution in [1.82, 2.24) is 0 Å². The summed E-state index contributed by atoms with van der Waals surface area (Å²) in [7, 11) is 3.32. The van der Waals surface area contributed by atoms with Gasteiger partial charge in [0.2, 0.25) is 0 Å². The van der Waals surface area contributed by atoms with Gasteiger partial charge in [-0.05, 0) is 30.5 Å². The van der Waals surface area contributed by atoms with Crippen molar-refractivity contribution in [2.45, 2.75) is 39.6 Å². The highest BCUT2D eigenvalue weighted by Crippen LogP contribution is 2.30. The van der Waals surface area contributed by atoms with E-state index in [0.29, 0.717) is 24.0 Å². The van der Waals surface area contributed by atoms with Gasteiger partial charge in [-0.25, -0.2) is 4.39 Å². The van der Waals surface area contributed by atoms with Crippen LogP contribution in [-0.4, -0.2) is 33.6 Å². The van der Waals surface area contributed by atoms with Crippen molar-refractivity contribution in [2.24, 2.45) is 5.92 Å². The maximum Gasteiger partial charge on any atom is 0.159 e. The molecule has 1 fully saturated rings. The van der Waals surface area contributed by atoms with E-state index in [-0.39, 0.29) is 12.1 Å². The molecule has 2 aromatic rings. The molecule has 0 N–H and O–H groups in total. The molecule has 1 aliphatic heterocycles. The number of rotatable bonds is 7. The Bertz CT molecular complexity index is 684. The van der Waals surface area contributed by atoms with Crippen molar-refractivity contribution in [2.75, 3.05) is 32.2 Å². The van der Waals surface area contributed by atoms with Gasteiger partial charge in [0.1, 0.15) is 18.2 Å². The molecule has 0 aromatic heterocycles. The number of halogens is 1. The van der Waals surface area contributed by atoms with Crippen LogP contribution in [0.1, 0.15) is 32.3 Å². The first kappa shape index (κ1) is 22.2. The topological polar surface area (TPSA) is 30.9 Å². The molecule has 0 aliphatic carbocycles. The predicted molar refractivity (Wildman–Crippen MR) is 111 cm³/mol. The zero-order chi connectivity index (χ0) is 20.4. The number of ether oxygens (including phenoxy) is 3. The molecule has 0 saturated carbocycles. The molecule has 1 saturated heterocycles. The second kappa shape index (κ2) is 11.7. The number of nitrogens with zero attached hydrogens (tertiary/aromatic N) is 1. The second-order valence-corrected chi connectivity index (χ2v) is 6.55. The molecule has 154 valence electrons. The van der Waals surface area contributed by atoms with Crippen molar-refractivity contribution in [3.8, 4) is 5.75 Å². The van der Waals surface area contributed by atoms with Crippen LogP contribution < -0.4 is 9.64 Å². The molecule has 0 amide bonds. The number of anilines is 1. The summed E-state index contributed by atoms with van der Waals surface area (Å²) in [5.74, 6) is 0.644. The Kier molecular flexibility index (Phi) is 9.24. The van der Waals surface area contributed by atoms with Crippen LogP contribution in [0.2, 0.25) is 0 Å². The van der Waals surface area contributed by atoms with Crippen LogP contribution in [0.25, 0.3) is 0 Å². The predicted octanol–water partition coefficient (Wildman–Crippen LogP) is 5.27. The van der Waals surface area contributed by atoms with Crippen molar-refractivity contribution >= 4 is 5.69 Å². The third-order valence-electron chi connectivity index (χ3n) is 4.90. The van der Waals surface area contributed by atoms with Gasteiger partial charge in [0, 0.05) is 39.3 Å². The lowest BCUT2D eigenvalue weighted by molar-refractivity contribution is -0.141. The molecular weight excluding hydrogens is 357 g/mol. The summed E-state index contributed by atoms with van der Waals surface area (Å²) in [4.78, 5) is 2.08. The van der Waals surface area contributed by atoms with Gasteiger partial charge in [-0.1, -0.05) is 44.2 Å². The van der Waals surface area contributed by atoms with Crippen LogP contribution in [-0.2, 0) is 16.1 Å². The first-order valence-corrected chi connectivity index (χ1v) is 9.98. The summed E-state index contributed by atoms with van der Waals surface area (Å²) in [6.07, 6.45) is 1.64. The maximum absolute atomic E-state index is 14.6. The first-order chi connectivity index (χ1) is 13.7. The lowest BCUT2D eigenvalue weighted by Gasteiger charge is -2.36. The van der Waals surface area contributed by atoms with Gasteiger partial charge in [-0.3, -0.25) is 0 Å².